The van der Waals surface area contributed by atoms with Crippen LogP contribution in [0.25, 0.3) is 22.6 Å². The normalized spacial score (nSPS) is 10.3. The molecule has 0 spiro atoms. The fraction of sp³-hybridized carbons (Fsp3) is 0.0556. The summed E-state index contributed by atoms with van der Waals surface area (Å²) in [5, 5.41) is 18.8. The lowest BCUT2D eigenvalue weighted by Crippen LogP contribution is -2.01. The van der Waals surface area contributed by atoms with E-state index >= 15 is 0 Å². The summed E-state index contributed by atoms with van der Waals surface area (Å²) in [5.41, 5.74) is 2.46. The van der Waals surface area contributed by atoms with Crippen LogP contribution in [0.2, 0.25) is 0 Å². The number of thioether (sulfide) groups is 1. The maximum absolute atomic E-state index is 10.9. The summed E-state index contributed by atoms with van der Waals surface area (Å²) in [7, 11) is 0. The molecule has 1 aromatic carbocycles. The summed E-state index contributed by atoms with van der Waals surface area (Å²) in [5.74, 6) is -0.587. The number of pyridine rings is 1. The molecule has 118 valence electrons. The van der Waals surface area contributed by atoms with Crippen molar-refractivity contribution < 1.29 is 14.3 Å². The molecule has 0 radical (unpaired) electrons. The molecule has 3 aromatic rings. The van der Waals surface area contributed by atoms with Crippen LogP contribution >= 0.6 is 11.8 Å². The van der Waals surface area contributed by atoms with E-state index in [1.165, 1.54) is 6.26 Å². The molecule has 0 bridgehead atoms. The number of carboxylic acid groups (broad SMARTS) is 1. The summed E-state index contributed by atoms with van der Waals surface area (Å²) >= 11 is 1.03. The third-order valence-corrected chi connectivity index (χ3v) is 4.25. The van der Waals surface area contributed by atoms with Gasteiger partial charge in [-0.05, 0) is 18.2 Å². The second-order valence-corrected chi connectivity index (χ2v) is 5.84. The monoisotopic (exact) mass is 336 g/mol. The van der Waals surface area contributed by atoms with Gasteiger partial charge in [0.15, 0.2) is 0 Å². The summed E-state index contributed by atoms with van der Waals surface area (Å²) < 4.78 is 5.43. The molecule has 5 nitrogen and oxygen atoms in total. The lowest BCUT2D eigenvalue weighted by atomic mass is 10.0. The smallest absolute Gasteiger partial charge is 0.313 e. The van der Waals surface area contributed by atoms with Crippen molar-refractivity contribution in [3.05, 3.63) is 60.4 Å². The highest BCUT2D eigenvalue weighted by Gasteiger charge is 2.18. The zero-order chi connectivity index (χ0) is 16.9. The van der Waals surface area contributed by atoms with Gasteiger partial charge < -0.3 is 9.52 Å². The summed E-state index contributed by atoms with van der Waals surface area (Å²) in [4.78, 5) is 15.4. The SMILES string of the molecule is N#Cc1c(-c2ccco2)cc(-c2ccccc2)nc1SCC(=O)O. The summed E-state index contributed by atoms with van der Waals surface area (Å²) in [6.07, 6.45) is 1.53. The predicted molar refractivity (Wildman–Crippen MR) is 90.4 cm³/mol. The number of carboxylic acids is 1. The first-order valence-electron chi connectivity index (χ1n) is 7.08. The number of aliphatic carboxylic acids is 1. The van der Waals surface area contributed by atoms with Crippen LogP contribution in [-0.4, -0.2) is 21.8 Å². The summed E-state index contributed by atoms with van der Waals surface area (Å²) in [6.45, 7) is 0. The van der Waals surface area contributed by atoms with Gasteiger partial charge >= 0.3 is 5.97 Å². The van der Waals surface area contributed by atoms with E-state index in [1.807, 2.05) is 30.3 Å². The van der Waals surface area contributed by atoms with Crippen molar-refractivity contribution in [2.24, 2.45) is 0 Å². The van der Waals surface area contributed by atoms with Gasteiger partial charge in [-0.2, -0.15) is 5.26 Å². The number of carbonyl (C=O) groups is 1. The molecule has 0 aliphatic carbocycles. The number of nitrogens with zero attached hydrogens (tertiary/aromatic N) is 2. The second kappa shape index (κ2) is 7.02. The molecule has 0 aliphatic rings. The lowest BCUT2D eigenvalue weighted by molar-refractivity contribution is -0.133. The quantitative estimate of drug-likeness (QED) is 0.707. The number of nitriles is 1. The van der Waals surface area contributed by atoms with Crippen molar-refractivity contribution in [1.29, 1.82) is 5.26 Å². The molecule has 0 saturated heterocycles. The number of benzene rings is 1. The fourth-order valence-corrected chi connectivity index (χ4v) is 2.97. The first-order chi connectivity index (χ1) is 11.7. The zero-order valence-corrected chi connectivity index (χ0v) is 13.3. The Hall–Kier alpha value is -3.04. The molecule has 0 saturated carbocycles. The number of aromatic nitrogens is 1. The van der Waals surface area contributed by atoms with Crippen molar-refractivity contribution >= 4 is 17.7 Å². The topological polar surface area (TPSA) is 87.1 Å². The minimum absolute atomic E-state index is 0.169. The van der Waals surface area contributed by atoms with Gasteiger partial charge in [0.05, 0.1) is 23.3 Å². The van der Waals surface area contributed by atoms with Gasteiger partial charge in [0.25, 0.3) is 0 Å². The molecule has 0 amide bonds. The Morgan fingerprint density at radius 1 is 1.25 bits per heavy atom. The number of hydrogen-bond acceptors (Lipinski definition) is 5. The van der Waals surface area contributed by atoms with Gasteiger partial charge in [0.1, 0.15) is 16.9 Å². The van der Waals surface area contributed by atoms with Crippen LogP contribution in [0, 0.1) is 11.3 Å². The Labute approximate surface area is 142 Å². The van der Waals surface area contributed by atoms with E-state index in [4.69, 9.17) is 9.52 Å². The average molecular weight is 336 g/mol. The Bertz CT molecular complexity index is 900. The van der Waals surface area contributed by atoms with Crippen LogP contribution in [0.15, 0.2) is 64.2 Å². The van der Waals surface area contributed by atoms with E-state index in [0.29, 0.717) is 27.6 Å². The Morgan fingerprint density at radius 3 is 2.67 bits per heavy atom. The van der Waals surface area contributed by atoms with Crippen LogP contribution in [0.4, 0.5) is 0 Å². The number of furan rings is 1. The van der Waals surface area contributed by atoms with Crippen LogP contribution in [0.5, 0.6) is 0 Å². The lowest BCUT2D eigenvalue weighted by Gasteiger charge is -2.10. The molecular weight excluding hydrogens is 324 g/mol. The largest absolute Gasteiger partial charge is 0.481 e. The predicted octanol–water partition coefficient (Wildman–Crippen LogP) is 4.06. The van der Waals surface area contributed by atoms with Gasteiger partial charge in [-0.25, -0.2) is 4.98 Å². The molecule has 2 aromatic heterocycles. The molecule has 2 heterocycles. The molecule has 0 atom stereocenters. The molecule has 6 heteroatoms. The van der Waals surface area contributed by atoms with Crippen molar-refractivity contribution in [2.45, 2.75) is 5.03 Å². The van der Waals surface area contributed by atoms with Crippen molar-refractivity contribution in [1.82, 2.24) is 4.98 Å². The van der Waals surface area contributed by atoms with E-state index in [0.717, 1.165) is 17.3 Å². The molecule has 1 N–H and O–H groups in total. The van der Waals surface area contributed by atoms with Crippen LogP contribution in [0.1, 0.15) is 5.56 Å². The van der Waals surface area contributed by atoms with Crippen LogP contribution in [0.3, 0.4) is 0 Å². The maximum Gasteiger partial charge on any atom is 0.313 e. The highest BCUT2D eigenvalue weighted by atomic mass is 32.2. The highest BCUT2D eigenvalue weighted by Crippen LogP contribution is 2.34. The Kier molecular flexibility index (Phi) is 4.64. The van der Waals surface area contributed by atoms with E-state index in [-0.39, 0.29) is 5.75 Å². The van der Waals surface area contributed by atoms with Gasteiger partial charge in [-0.3, -0.25) is 4.79 Å². The van der Waals surface area contributed by atoms with Crippen LogP contribution < -0.4 is 0 Å². The third kappa shape index (κ3) is 3.31. The minimum Gasteiger partial charge on any atom is -0.481 e. The summed E-state index contributed by atoms with van der Waals surface area (Å²) in [6, 6.07) is 16.9. The van der Waals surface area contributed by atoms with Crippen molar-refractivity contribution in [3.8, 4) is 28.7 Å². The average Bonchev–Trinajstić information content (AvgIpc) is 3.14. The van der Waals surface area contributed by atoms with Gasteiger partial charge in [-0.15, -0.1) is 0 Å². The Morgan fingerprint density at radius 2 is 2.04 bits per heavy atom. The van der Waals surface area contributed by atoms with E-state index in [1.54, 1.807) is 18.2 Å². The number of rotatable bonds is 5. The first-order valence-corrected chi connectivity index (χ1v) is 8.06. The van der Waals surface area contributed by atoms with Gasteiger partial charge in [0.2, 0.25) is 0 Å². The van der Waals surface area contributed by atoms with Gasteiger partial charge in [0, 0.05) is 11.1 Å². The molecule has 0 aliphatic heterocycles. The highest BCUT2D eigenvalue weighted by molar-refractivity contribution is 7.99. The zero-order valence-electron chi connectivity index (χ0n) is 12.5. The van der Waals surface area contributed by atoms with E-state index in [2.05, 4.69) is 11.1 Å². The molecule has 0 fully saturated rings. The Balaban J connectivity index is 2.18. The standard InChI is InChI=1S/C18H12N2O3S/c19-10-14-13(16-7-4-8-23-16)9-15(12-5-2-1-3-6-12)20-18(14)24-11-17(21)22/h1-9H,11H2,(H,21,22). The van der Waals surface area contributed by atoms with Crippen molar-refractivity contribution in [2.75, 3.05) is 5.75 Å². The second-order valence-electron chi connectivity index (χ2n) is 4.87. The third-order valence-electron chi connectivity index (χ3n) is 3.29. The first kappa shape index (κ1) is 15.8. The minimum atomic E-state index is -0.963. The molecule has 0 unspecified atom stereocenters. The molecule has 24 heavy (non-hydrogen) atoms. The van der Waals surface area contributed by atoms with E-state index in [9.17, 15) is 10.1 Å². The molecule has 3 rings (SSSR count). The van der Waals surface area contributed by atoms with Gasteiger partial charge in [-0.1, -0.05) is 42.1 Å². The fourth-order valence-electron chi connectivity index (χ4n) is 2.25. The molecular formula is C18H12N2O3S. The number of hydrogen-bond donors (Lipinski definition) is 1. The van der Waals surface area contributed by atoms with Crippen molar-refractivity contribution in [3.63, 3.8) is 0 Å². The van der Waals surface area contributed by atoms with Crippen LogP contribution in [-0.2, 0) is 4.79 Å². The maximum atomic E-state index is 10.9. The van der Waals surface area contributed by atoms with E-state index < -0.39 is 5.97 Å².